The van der Waals surface area contributed by atoms with Gasteiger partial charge >= 0.3 is 5.97 Å². The third-order valence-electron chi connectivity index (χ3n) is 3.06. The lowest BCUT2D eigenvalue weighted by molar-refractivity contribution is -0.138. The van der Waals surface area contributed by atoms with Crippen molar-refractivity contribution < 1.29 is 9.90 Å². The number of aromatic nitrogens is 2. The van der Waals surface area contributed by atoms with Gasteiger partial charge in [0.05, 0.1) is 23.3 Å². The number of carboxylic acids is 1. The van der Waals surface area contributed by atoms with Gasteiger partial charge in [-0.1, -0.05) is 6.92 Å². The van der Waals surface area contributed by atoms with Crippen LogP contribution in [0.5, 0.6) is 0 Å². The molecule has 1 aromatic rings. The van der Waals surface area contributed by atoms with E-state index in [9.17, 15) is 4.79 Å². The molecular formula is C11H18N4O2. The van der Waals surface area contributed by atoms with Gasteiger partial charge in [0, 0.05) is 26.3 Å². The Bertz CT molecular complexity index is 423. The highest BCUT2D eigenvalue weighted by Gasteiger charge is 2.39. The summed E-state index contributed by atoms with van der Waals surface area (Å²) in [6.45, 7) is 3.39. The van der Waals surface area contributed by atoms with Gasteiger partial charge in [0.2, 0.25) is 0 Å². The number of nitrogens with zero attached hydrogens (tertiary/aromatic N) is 2. The van der Waals surface area contributed by atoms with Crippen molar-refractivity contribution in [1.82, 2.24) is 15.1 Å². The SMILES string of the molecule is CCc1nn(C)cc1NC1(CC(=O)O)CNC1. The standard InChI is InChI=1S/C11H18N4O2/c1-3-8-9(5-15(2)14-8)13-11(4-10(16)17)6-12-7-11/h5,12-13H,3-4,6-7H2,1-2H3,(H,16,17). The van der Waals surface area contributed by atoms with E-state index in [0.29, 0.717) is 13.1 Å². The number of hydrogen-bond acceptors (Lipinski definition) is 4. The maximum absolute atomic E-state index is 10.9. The van der Waals surface area contributed by atoms with E-state index in [4.69, 9.17) is 5.11 Å². The monoisotopic (exact) mass is 238 g/mol. The molecule has 1 aliphatic rings. The van der Waals surface area contributed by atoms with Gasteiger partial charge in [-0.05, 0) is 6.42 Å². The quantitative estimate of drug-likeness (QED) is 0.683. The first-order valence-corrected chi connectivity index (χ1v) is 5.78. The number of nitrogens with one attached hydrogen (secondary N) is 2. The number of carbonyl (C=O) groups is 1. The maximum Gasteiger partial charge on any atom is 0.305 e. The van der Waals surface area contributed by atoms with E-state index >= 15 is 0 Å². The fourth-order valence-corrected chi connectivity index (χ4v) is 2.16. The molecular weight excluding hydrogens is 220 g/mol. The third kappa shape index (κ3) is 2.41. The molecule has 0 unspecified atom stereocenters. The average Bonchev–Trinajstić information content (AvgIpc) is 2.54. The first-order chi connectivity index (χ1) is 8.04. The Balaban J connectivity index is 2.15. The van der Waals surface area contributed by atoms with Crippen LogP contribution in [-0.2, 0) is 18.3 Å². The number of carboxylic acid groups (broad SMARTS) is 1. The normalized spacial score (nSPS) is 17.5. The second-order valence-corrected chi connectivity index (χ2v) is 4.60. The molecule has 6 nitrogen and oxygen atoms in total. The molecule has 0 saturated carbocycles. The molecule has 94 valence electrons. The van der Waals surface area contributed by atoms with Crippen molar-refractivity contribution in [2.45, 2.75) is 25.3 Å². The van der Waals surface area contributed by atoms with Crippen molar-refractivity contribution in [2.75, 3.05) is 18.4 Å². The summed E-state index contributed by atoms with van der Waals surface area (Å²) >= 11 is 0. The van der Waals surface area contributed by atoms with Gasteiger partial charge in [-0.25, -0.2) is 0 Å². The number of aryl methyl sites for hydroxylation is 2. The van der Waals surface area contributed by atoms with E-state index in [1.807, 2.05) is 20.2 Å². The molecule has 1 aliphatic heterocycles. The molecule has 0 bridgehead atoms. The van der Waals surface area contributed by atoms with Crippen molar-refractivity contribution in [3.8, 4) is 0 Å². The molecule has 1 fully saturated rings. The first kappa shape index (κ1) is 11.9. The molecule has 2 heterocycles. The largest absolute Gasteiger partial charge is 0.481 e. The second kappa shape index (κ2) is 4.37. The van der Waals surface area contributed by atoms with Crippen molar-refractivity contribution in [1.29, 1.82) is 0 Å². The van der Waals surface area contributed by atoms with Gasteiger partial charge in [0.15, 0.2) is 0 Å². The van der Waals surface area contributed by atoms with Crippen LogP contribution >= 0.6 is 0 Å². The highest BCUT2D eigenvalue weighted by atomic mass is 16.4. The summed E-state index contributed by atoms with van der Waals surface area (Å²) in [6, 6.07) is 0. The number of aliphatic carboxylic acids is 1. The average molecular weight is 238 g/mol. The van der Waals surface area contributed by atoms with Crippen LogP contribution in [0.2, 0.25) is 0 Å². The molecule has 0 atom stereocenters. The van der Waals surface area contributed by atoms with Gasteiger partial charge in [-0.15, -0.1) is 0 Å². The van der Waals surface area contributed by atoms with Crippen molar-refractivity contribution >= 4 is 11.7 Å². The molecule has 0 aromatic carbocycles. The van der Waals surface area contributed by atoms with Crippen LogP contribution in [0, 0.1) is 0 Å². The van der Waals surface area contributed by atoms with E-state index in [1.165, 1.54) is 0 Å². The molecule has 1 aromatic heterocycles. The van der Waals surface area contributed by atoms with E-state index in [-0.39, 0.29) is 12.0 Å². The molecule has 0 aliphatic carbocycles. The van der Waals surface area contributed by atoms with E-state index < -0.39 is 5.97 Å². The summed E-state index contributed by atoms with van der Waals surface area (Å²) in [5.41, 5.74) is 1.56. The van der Waals surface area contributed by atoms with Crippen molar-refractivity contribution in [3.05, 3.63) is 11.9 Å². The first-order valence-electron chi connectivity index (χ1n) is 5.78. The van der Waals surface area contributed by atoms with Crippen LogP contribution in [0.15, 0.2) is 6.20 Å². The van der Waals surface area contributed by atoms with Crippen LogP contribution < -0.4 is 10.6 Å². The minimum absolute atomic E-state index is 0.123. The van der Waals surface area contributed by atoms with Crippen molar-refractivity contribution in [3.63, 3.8) is 0 Å². The van der Waals surface area contributed by atoms with Crippen LogP contribution in [-0.4, -0.2) is 39.5 Å². The van der Waals surface area contributed by atoms with Gasteiger partial charge in [0.25, 0.3) is 0 Å². The fourth-order valence-electron chi connectivity index (χ4n) is 2.16. The van der Waals surface area contributed by atoms with Gasteiger partial charge in [-0.3, -0.25) is 9.48 Å². The lowest BCUT2D eigenvalue weighted by Crippen LogP contribution is -2.65. The molecule has 2 rings (SSSR count). The fraction of sp³-hybridized carbons (Fsp3) is 0.636. The minimum Gasteiger partial charge on any atom is -0.481 e. The second-order valence-electron chi connectivity index (χ2n) is 4.60. The van der Waals surface area contributed by atoms with Gasteiger partial charge in [-0.2, -0.15) is 5.10 Å². The lowest BCUT2D eigenvalue weighted by Gasteiger charge is -2.42. The predicted octanol–water partition coefficient (Wildman–Crippen LogP) is 0.211. The Hall–Kier alpha value is -1.56. The Morgan fingerprint density at radius 1 is 1.71 bits per heavy atom. The van der Waals surface area contributed by atoms with Crippen LogP contribution in [0.4, 0.5) is 5.69 Å². The topological polar surface area (TPSA) is 79.2 Å². The maximum atomic E-state index is 10.9. The minimum atomic E-state index is -0.777. The Labute approximate surface area is 100 Å². The summed E-state index contributed by atoms with van der Waals surface area (Å²) in [5, 5.41) is 19.7. The molecule has 0 amide bonds. The van der Waals surface area contributed by atoms with Gasteiger partial charge in [0.1, 0.15) is 0 Å². The van der Waals surface area contributed by atoms with Gasteiger partial charge < -0.3 is 15.7 Å². The number of anilines is 1. The number of hydrogen-bond donors (Lipinski definition) is 3. The zero-order valence-electron chi connectivity index (χ0n) is 10.2. The van der Waals surface area contributed by atoms with E-state index in [2.05, 4.69) is 15.7 Å². The molecule has 0 spiro atoms. The third-order valence-corrected chi connectivity index (χ3v) is 3.06. The predicted molar refractivity (Wildman–Crippen MR) is 64.1 cm³/mol. The van der Waals surface area contributed by atoms with Crippen LogP contribution in [0.1, 0.15) is 19.0 Å². The van der Waals surface area contributed by atoms with E-state index in [0.717, 1.165) is 17.8 Å². The Morgan fingerprint density at radius 2 is 2.41 bits per heavy atom. The van der Waals surface area contributed by atoms with Crippen LogP contribution in [0.3, 0.4) is 0 Å². The molecule has 6 heteroatoms. The smallest absolute Gasteiger partial charge is 0.305 e. The zero-order chi connectivity index (χ0) is 12.5. The lowest BCUT2D eigenvalue weighted by atomic mass is 9.88. The highest BCUT2D eigenvalue weighted by Crippen LogP contribution is 2.25. The molecule has 1 saturated heterocycles. The summed E-state index contributed by atoms with van der Waals surface area (Å²) in [4.78, 5) is 10.9. The van der Waals surface area contributed by atoms with Crippen LogP contribution in [0.25, 0.3) is 0 Å². The highest BCUT2D eigenvalue weighted by molar-refractivity contribution is 5.70. The molecule has 3 N–H and O–H groups in total. The summed E-state index contributed by atoms with van der Waals surface area (Å²) in [7, 11) is 1.87. The number of rotatable bonds is 5. The molecule has 17 heavy (non-hydrogen) atoms. The van der Waals surface area contributed by atoms with Crippen molar-refractivity contribution in [2.24, 2.45) is 7.05 Å². The zero-order valence-corrected chi connectivity index (χ0v) is 10.2. The Morgan fingerprint density at radius 3 is 2.88 bits per heavy atom. The summed E-state index contributed by atoms with van der Waals surface area (Å²) < 4.78 is 1.75. The summed E-state index contributed by atoms with van der Waals surface area (Å²) in [6.07, 6.45) is 2.86. The Kier molecular flexibility index (Phi) is 3.06. The summed E-state index contributed by atoms with van der Waals surface area (Å²) in [5.74, 6) is -0.777. The molecule has 0 radical (unpaired) electrons. The van der Waals surface area contributed by atoms with E-state index in [1.54, 1.807) is 4.68 Å².